The third-order valence-electron chi connectivity index (χ3n) is 5.61. The van der Waals surface area contributed by atoms with Gasteiger partial charge < -0.3 is 10.6 Å². The Labute approximate surface area is 201 Å². The lowest BCUT2D eigenvalue weighted by Gasteiger charge is -2.23. The molecule has 0 saturated heterocycles. The largest absolute Gasteiger partial charge is 0.346 e. The summed E-state index contributed by atoms with van der Waals surface area (Å²) in [6.45, 7) is 9.54. The molecule has 1 aromatic rings. The second-order valence-electron chi connectivity index (χ2n) is 9.56. The van der Waals surface area contributed by atoms with Crippen LogP contribution in [-0.2, 0) is 30.4 Å². The van der Waals surface area contributed by atoms with E-state index in [1.807, 2.05) is 38.1 Å². The number of imide groups is 1. The number of anilines is 1. The first-order valence-corrected chi connectivity index (χ1v) is 11.7. The van der Waals surface area contributed by atoms with Crippen molar-refractivity contribution in [1.82, 2.24) is 10.2 Å². The average molecular weight is 470 g/mol. The van der Waals surface area contributed by atoms with Gasteiger partial charge in [0.15, 0.2) is 5.78 Å². The van der Waals surface area contributed by atoms with Gasteiger partial charge in [-0.25, -0.2) is 0 Å². The van der Waals surface area contributed by atoms with Crippen molar-refractivity contribution in [3.8, 4) is 0 Å². The van der Waals surface area contributed by atoms with Crippen LogP contribution < -0.4 is 10.6 Å². The molecule has 0 fully saturated rings. The summed E-state index contributed by atoms with van der Waals surface area (Å²) in [5.41, 5.74) is 1.87. The highest BCUT2D eigenvalue weighted by Gasteiger charge is 2.29. The van der Waals surface area contributed by atoms with E-state index in [1.165, 1.54) is 5.56 Å². The molecule has 0 unspecified atom stereocenters. The van der Waals surface area contributed by atoms with E-state index in [-0.39, 0.29) is 37.0 Å². The zero-order valence-electron chi connectivity index (χ0n) is 20.6. The number of ketones is 1. The first kappa shape index (κ1) is 27.0. The Kier molecular flexibility index (Phi) is 9.71. The topological polar surface area (TPSA) is 113 Å². The van der Waals surface area contributed by atoms with Gasteiger partial charge in [-0.15, -0.1) is 0 Å². The number of nitrogens with one attached hydrogen (secondary N) is 2. The van der Waals surface area contributed by atoms with Crippen LogP contribution in [0, 0.1) is 17.8 Å². The van der Waals surface area contributed by atoms with Crippen molar-refractivity contribution < 1.29 is 24.0 Å². The van der Waals surface area contributed by atoms with Crippen LogP contribution in [0.25, 0.3) is 0 Å². The zero-order valence-corrected chi connectivity index (χ0v) is 20.6. The summed E-state index contributed by atoms with van der Waals surface area (Å²) in [6.07, 6.45) is 3.16. The molecule has 0 radical (unpaired) electrons. The van der Waals surface area contributed by atoms with E-state index in [1.54, 1.807) is 6.92 Å². The Morgan fingerprint density at radius 1 is 0.912 bits per heavy atom. The van der Waals surface area contributed by atoms with Gasteiger partial charge in [-0.05, 0) is 36.0 Å². The van der Waals surface area contributed by atoms with Gasteiger partial charge in [0.2, 0.25) is 11.8 Å². The Morgan fingerprint density at radius 3 is 2.03 bits per heavy atom. The fourth-order valence-corrected chi connectivity index (χ4v) is 3.71. The van der Waals surface area contributed by atoms with Crippen molar-refractivity contribution >= 4 is 35.1 Å². The van der Waals surface area contributed by atoms with Gasteiger partial charge in [0.05, 0.1) is 6.04 Å². The number of carbonyl (C=O) groups excluding carboxylic acids is 5. The molecule has 1 heterocycles. The fraction of sp³-hybridized carbons (Fsp3) is 0.500. The molecule has 2 N–H and O–H groups in total. The van der Waals surface area contributed by atoms with Crippen LogP contribution in [0.5, 0.6) is 0 Å². The highest BCUT2D eigenvalue weighted by Crippen LogP contribution is 2.16. The third kappa shape index (κ3) is 7.93. The molecular formula is C26H35N3O5. The standard InChI is InChI=1S/C26H35N3O5/c1-16(2)14-19-6-8-20(9-7-19)27-26(34)18(5)15-21(30)25(17(3)4)28-22(31)12-13-29-23(32)10-11-24(29)33/h6-11,16-18,25H,12-15H2,1-5H3,(H,27,34)(H,28,31)/t18-,25+/m1/s1. The van der Waals surface area contributed by atoms with Gasteiger partial charge in [-0.1, -0.05) is 46.8 Å². The lowest BCUT2D eigenvalue weighted by molar-refractivity contribution is -0.137. The van der Waals surface area contributed by atoms with Gasteiger partial charge in [0.25, 0.3) is 11.8 Å². The van der Waals surface area contributed by atoms with Crippen molar-refractivity contribution in [2.75, 3.05) is 11.9 Å². The Hall–Kier alpha value is -3.29. The van der Waals surface area contributed by atoms with Gasteiger partial charge in [0, 0.05) is 43.1 Å². The molecular weight excluding hydrogens is 434 g/mol. The number of hydrogen-bond acceptors (Lipinski definition) is 5. The number of rotatable bonds is 12. The monoisotopic (exact) mass is 469 g/mol. The van der Waals surface area contributed by atoms with Crippen LogP contribution in [0.4, 0.5) is 5.69 Å². The zero-order chi connectivity index (χ0) is 25.4. The van der Waals surface area contributed by atoms with Gasteiger partial charge in [0.1, 0.15) is 0 Å². The van der Waals surface area contributed by atoms with E-state index in [4.69, 9.17) is 0 Å². The number of Topliss-reactive ketones (excluding diaryl/α,β-unsaturated/α-hetero) is 1. The molecule has 8 heteroatoms. The summed E-state index contributed by atoms with van der Waals surface area (Å²) in [5.74, 6) is -2.07. The third-order valence-corrected chi connectivity index (χ3v) is 5.61. The van der Waals surface area contributed by atoms with Crippen molar-refractivity contribution in [2.45, 2.75) is 59.9 Å². The summed E-state index contributed by atoms with van der Waals surface area (Å²) >= 11 is 0. The molecule has 0 aromatic heterocycles. The fourth-order valence-electron chi connectivity index (χ4n) is 3.71. The first-order chi connectivity index (χ1) is 16.0. The normalized spacial score (nSPS) is 15.1. The van der Waals surface area contributed by atoms with Gasteiger partial charge in [-0.2, -0.15) is 0 Å². The molecule has 1 aliphatic heterocycles. The SMILES string of the molecule is CC(C)Cc1ccc(NC(=O)[C@H](C)CC(=O)[C@@H](NC(=O)CCN2C(=O)C=CC2=O)C(C)C)cc1. The molecule has 184 valence electrons. The first-order valence-electron chi connectivity index (χ1n) is 11.7. The maximum Gasteiger partial charge on any atom is 0.253 e. The Morgan fingerprint density at radius 2 is 1.50 bits per heavy atom. The predicted molar refractivity (Wildman–Crippen MR) is 130 cm³/mol. The maximum atomic E-state index is 12.9. The lowest BCUT2D eigenvalue weighted by atomic mass is 9.92. The second kappa shape index (κ2) is 12.3. The van der Waals surface area contributed by atoms with Gasteiger partial charge in [-0.3, -0.25) is 28.9 Å². The molecule has 0 aliphatic carbocycles. The van der Waals surface area contributed by atoms with Crippen LogP contribution in [0.1, 0.15) is 53.0 Å². The summed E-state index contributed by atoms with van der Waals surface area (Å²) in [4.78, 5) is 62.1. The number of nitrogens with zero attached hydrogens (tertiary/aromatic N) is 1. The van der Waals surface area contributed by atoms with E-state index >= 15 is 0 Å². The number of amides is 4. The molecule has 2 atom stereocenters. The molecule has 0 bridgehead atoms. The van der Waals surface area contributed by atoms with Crippen LogP contribution >= 0.6 is 0 Å². The maximum absolute atomic E-state index is 12.9. The highest BCUT2D eigenvalue weighted by atomic mass is 16.2. The number of carbonyl (C=O) groups is 5. The van der Waals surface area contributed by atoms with E-state index in [0.29, 0.717) is 11.6 Å². The molecule has 34 heavy (non-hydrogen) atoms. The van der Waals surface area contributed by atoms with E-state index < -0.39 is 29.7 Å². The minimum Gasteiger partial charge on any atom is -0.346 e. The summed E-state index contributed by atoms with van der Waals surface area (Å²) in [7, 11) is 0. The van der Waals surface area contributed by atoms with E-state index in [9.17, 15) is 24.0 Å². The summed E-state index contributed by atoms with van der Waals surface area (Å²) < 4.78 is 0. The summed E-state index contributed by atoms with van der Waals surface area (Å²) in [6, 6.07) is 6.91. The van der Waals surface area contributed by atoms with Crippen molar-refractivity contribution in [3.63, 3.8) is 0 Å². The molecule has 4 amide bonds. The molecule has 1 aromatic carbocycles. The minimum absolute atomic E-state index is 0.0204. The Bertz CT molecular complexity index is 932. The lowest BCUT2D eigenvalue weighted by Crippen LogP contribution is -2.46. The molecule has 1 aliphatic rings. The van der Waals surface area contributed by atoms with Crippen LogP contribution in [0.15, 0.2) is 36.4 Å². The summed E-state index contributed by atoms with van der Waals surface area (Å²) in [5, 5.41) is 5.54. The number of benzene rings is 1. The molecule has 0 saturated carbocycles. The predicted octanol–water partition coefficient (Wildman–Crippen LogP) is 2.87. The van der Waals surface area contributed by atoms with Crippen molar-refractivity contribution in [3.05, 3.63) is 42.0 Å². The van der Waals surface area contributed by atoms with E-state index in [0.717, 1.165) is 23.5 Å². The quantitative estimate of drug-likeness (QED) is 0.457. The van der Waals surface area contributed by atoms with Gasteiger partial charge >= 0.3 is 0 Å². The van der Waals surface area contributed by atoms with E-state index in [2.05, 4.69) is 24.5 Å². The second-order valence-corrected chi connectivity index (χ2v) is 9.56. The van der Waals surface area contributed by atoms with Crippen LogP contribution in [-0.4, -0.2) is 46.9 Å². The molecule has 0 spiro atoms. The minimum atomic E-state index is -0.763. The van der Waals surface area contributed by atoms with Crippen LogP contribution in [0.2, 0.25) is 0 Å². The highest BCUT2D eigenvalue weighted by molar-refractivity contribution is 6.13. The van der Waals surface area contributed by atoms with Crippen molar-refractivity contribution in [1.29, 1.82) is 0 Å². The smallest absolute Gasteiger partial charge is 0.253 e. The van der Waals surface area contributed by atoms with Crippen molar-refractivity contribution in [2.24, 2.45) is 17.8 Å². The molecule has 2 rings (SSSR count). The van der Waals surface area contributed by atoms with Crippen LogP contribution in [0.3, 0.4) is 0 Å². The molecule has 8 nitrogen and oxygen atoms in total. The Balaban J connectivity index is 1.87. The number of hydrogen-bond donors (Lipinski definition) is 2. The average Bonchev–Trinajstić information content (AvgIpc) is 3.08.